The van der Waals surface area contributed by atoms with Crippen LogP contribution in [0.4, 0.5) is 5.69 Å². The first-order valence-corrected chi connectivity index (χ1v) is 12.0. The number of hydrogen-bond acceptors (Lipinski definition) is 10. The second kappa shape index (κ2) is 10.5. The predicted molar refractivity (Wildman–Crippen MR) is 122 cm³/mol. The van der Waals surface area contributed by atoms with E-state index < -0.39 is 12.1 Å². The maximum absolute atomic E-state index is 12.1. The molecule has 184 valence electrons. The van der Waals surface area contributed by atoms with Crippen LogP contribution < -0.4 is 4.90 Å². The van der Waals surface area contributed by atoms with Crippen molar-refractivity contribution in [2.45, 2.75) is 50.3 Å². The molecule has 0 amide bonds. The van der Waals surface area contributed by atoms with Crippen LogP contribution in [0.5, 0.6) is 0 Å². The summed E-state index contributed by atoms with van der Waals surface area (Å²) in [5, 5.41) is 10.7. The fourth-order valence-corrected chi connectivity index (χ4v) is 4.84. The minimum absolute atomic E-state index is 0.154. The zero-order valence-corrected chi connectivity index (χ0v) is 19.3. The molecule has 0 radical (unpaired) electrons. The number of aliphatic hydroxyl groups is 1. The molecule has 3 aliphatic heterocycles. The Balaban J connectivity index is 1.11. The number of pyridine rings is 2. The van der Waals surface area contributed by atoms with Crippen molar-refractivity contribution in [3.05, 3.63) is 30.2 Å². The lowest BCUT2D eigenvalue weighted by atomic mass is 10.1. The number of piperidine rings is 1. The van der Waals surface area contributed by atoms with Gasteiger partial charge in [0.1, 0.15) is 30.1 Å². The topological polar surface area (TPSA) is 112 Å². The summed E-state index contributed by atoms with van der Waals surface area (Å²) in [7, 11) is 0. The van der Waals surface area contributed by atoms with Gasteiger partial charge in [-0.25, -0.2) is 9.78 Å². The van der Waals surface area contributed by atoms with E-state index in [2.05, 4.69) is 14.9 Å². The fraction of sp³-hybridized carbons (Fsp3) is 0.625. The van der Waals surface area contributed by atoms with Crippen LogP contribution in [0.2, 0.25) is 0 Å². The third-order valence-corrected chi connectivity index (χ3v) is 6.60. The lowest BCUT2D eigenvalue weighted by Crippen LogP contribution is -2.38. The number of anilines is 1. The molecular weight excluding hydrogens is 442 g/mol. The number of aromatic nitrogens is 2. The van der Waals surface area contributed by atoms with Gasteiger partial charge in [-0.05, 0) is 31.9 Å². The average Bonchev–Trinajstić information content (AvgIpc) is 3.44. The highest BCUT2D eigenvalue weighted by Gasteiger charge is 2.47. The number of carbonyl (C=O) groups excluding carboxylic acids is 1. The molecule has 0 saturated carbocycles. The summed E-state index contributed by atoms with van der Waals surface area (Å²) >= 11 is 0. The zero-order chi connectivity index (χ0) is 23.5. The molecule has 3 saturated heterocycles. The molecule has 0 aliphatic carbocycles. The number of carbonyl (C=O) groups is 1. The molecule has 2 aromatic heterocycles. The number of nitrogens with zero attached hydrogens (tertiary/aromatic N) is 3. The van der Waals surface area contributed by atoms with Crippen LogP contribution in [0.25, 0.3) is 10.9 Å². The standard InChI is InChI=1S/C24H31N3O7/c1-2-30-24(29)17-4-3-15-11-25-12-18(21(15)26-17)27-7-5-16(6-8-27)31-9-10-32-20-14-34-22-19(28)13-33-23(20)22/h3-4,11-12,16,19-20,22-23,28H,2,5-10,13-14H2,1H3/t19-,20-,22?,23?/m1/s1. The second-order valence-electron chi connectivity index (χ2n) is 8.78. The SMILES string of the molecule is CCOC(=O)c1ccc2cncc(N3CCC(OCCO[C@@H]4COC5C4OC[C@H]5O)CC3)c2n1. The lowest BCUT2D eigenvalue weighted by molar-refractivity contribution is -0.0655. The van der Waals surface area contributed by atoms with Crippen molar-refractivity contribution in [2.24, 2.45) is 0 Å². The molecule has 2 aromatic rings. The van der Waals surface area contributed by atoms with Crippen LogP contribution in [0.1, 0.15) is 30.3 Å². The molecule has 4 atom stereocenters. The minimum Gasteiger partial charge on any atom is -0.461 e. The molecule has 3 fully saturated rings. The van der Waals surface area contributed by atoms with Crippen LogP contribution in [0.15, 0.2) is 24.5 Å². The van der Waals surface area contributed by atoms with E-state index in [9.17, 15) is 9.90 Å². The first kappa shape index (κ1) is 23.4. The van der Waals surface area contributed by atoms with E-state index in [1.54, 1.807) is 25.4 Å². The molecule has 1 N–H and O–H groups in total. The van der Waals surface area contributed by atoms with E-state index in [0.29, 0.717) is 38.7 Å². The maximum atomic E-state index is 12.1. The number of aliphatic hydroxyl groups excluding tert-OH is 1. The van der Waals surface area contributed by atoms with Crippen molar-refractivity contribution >= 4 is 22.6 Å². The molecule has 34 heavy (non-hydrogen) atoms. The van der Waals surface area contributed by atoms with E-state index in [1.807, 2.05) is 6.07 Å². The minimum atomic E-state index is -0.566. The molecule has 3 aliphatic rings. The number of fused-ring (bicyclic) bond motifs is 2. The zero-order valence-electron chi connectivity index (χ0n) is 19.3. The summed E-state index contributed by atoms with van der Waals surface area (Å²) in [6.07, 6.45) is 4.28. The molecular formula is C24H31N3O7. The highest BCUT2D eigenvalue weighted by molar-refractivity contribution is 5.95. The Morgan fingerprint density at radius 3 is 2.74 bits per heavy atom. The van der Waals surface area contributed by atoms with E-state index in [4.69, 9.17) is 23.7 Å². The van der Waals surface area contributed by atoms with Gasteiger partial charge in [-0.15, -0.1) is 0 Å². The van der Waals surface area contributed by atoms with Gasteiger partial charge in [0, 0.05) is 24.7 Å². The van der Waals surface area contributed by atoms with E-state index in [1.165, 1.54) is 0 Å². The fourth-order valence-electron chi connectivity index (χ4n) is 4.84. The number of rotatable bonds is 8. The van der Waals surface area contributed by atoms with Crippen molar-refractivity contribution in [1.29, 1.82) is 0 Å². The highest BCUT2D eigenvalue weighted by atomic mass is 16.6. The molecule has 0 spiro atoms. The van der Waals surface area contributed by atoms with Crippen molar-refractivity contribution in [3.63, 3.8) is 0 Å². The van der Waals surface area contributed by atoms with Gasteiger partial charge in [0.2, 0.25) is 0 Å². The van der Waals surface area contributed by atoms with Gasteiger partial charge in [0.15, 0.2) is 0 Å². The lowest BCUT2D eigenvalue weighted by Gasteiger charge is -2.33. The summed E-state index contributed by atoms with van der Waals surface area (Å²) < 4.78 is 28.2. The number of hydrogen-bond donors (Lipinski definition) is 1. The van der Waals surface area contributed by atoms with Crippen LogP contribution >= 0.6 is 0 Å². The van der Waals surface area contributed by atoms with E-state index in [0.717, 1.165) is 42.5 Å². The maximum Gasteiger partial charge on any atom is 0.356 e. The molecule has 0 bridgehead atoms. The van der Waals surface area contributed by atoms with Crippen molar-refractivity contribution in [1.82, 2.24) is 9.97 Å². The Labute approximate surface area is 198 Å². The van der Waals surface area contributed by atoms with Gasteiger partial charge in [-0.2, -0.15) is 0 Å². The molecule has 10 heteroatoms. The van der Waals surface area contributed by atoms with Crippen LogP contribution in [-0.4, -0.2) is 97.7 Å². The quantitative estimate of drug-likeness (QED) is 0.445. The van der Waals surface area contributed by atoms with Crippen molar-refractivity contribution in [2.75, 3.05) is 51.0 Å². The predicted octanol–water partition coefficient (Wildman–Crippen LogP) is 1.34. The third-order valence-electron chi connectivity index (χ3n) is 6.60. The highest BCUT2D eigenvalue weighted by Crippen LogP contribution is 2.29. The Hall–Kier alpha value is -2.37. The van der Waals surface area contributed by atoms with Crippen LogP contribution in [0, 0.1) is 0 Å². The van der Waals surface area contributed by atoms with Crippen molar-refractivity contribution < 1.29 is 33.6 Å². The molecule has 0 aromatic carbocycles. The van der Waals surface area contributed by atoms with Gasteiger partial charge in [0.25, 0.3) is 0 Å². The molecule has 10 nitrogen and oxygen atoms in total. The number of ether oxygens (including phenoxy) is 5. The smallest absolute Gasteiger partial charge is 0.356 e. The normalized spacial score (nSPS) is 27.3. The van der Waals surface area contributed by atoms with E-state index >= 15 is 0 Å². The second-order valence-corrected chi connectivity index (χ2v) is 8.78. The molecule has 5 heterocycles. The van der Waals surface area contributed by atoms with Crippen LogP contribution in [0.3, 0.4) is 0 Å². The monoisotopic (exact) mass is 473 g/mol. The van der Waals surface area contributed by atoms with Gasteiger partial charge < -0.3 is 33.7 Å². The Bertz CT molecular complexity index is 998. The summed E-state index contributed by atoms with van der Waals surface area (Å²) in [6.45, 7) is 5.41. The van der Waals surface area contributed by atoms with Crippen LogP contribution in [-0.2, 0) is 23.7 Å². The van der Waals surface area contributed by atoms with Gasteiger partial charge in [-0.3, -0.25) is 4.98 Å². The Kier molecular flexibility index (Phi) is 7.21. The number of esters is 1. The first-order valence-electron chi connectivity index (χ1n) is 12.0. The van der Waals surface area contributed by atoms with Crippen molar-refractivity contribution in [3.8, 4) is 0 Å². The summed E-state index contributed by atoms with van der Waals surface area (Å²) in [4.78, 5) is 23.3. The largest absolute Gasteiger partial charge is 0.461 e. The molecule has 2 unspecified atom stereocenters. The summed E-state index contributed by atoms with van der Waals surface area (Å²) in [5.74, 6) is -0.420. The van der Waals surface area contributed by atoms with Gasteiger partial charge >= 0.3 is 5.97 Å². The average molecular weight is 474 g/mol. The van der Waals surface area contributed by atoms with Gasteiger partial charge in [-0.1, -0.05) is 0 Å². The third kappa shape index (κ3) is 4.87. The summed E-state index contributed by atoms with van der Waals surface area (Å²) in [6, 6.07) is 3.53. The van der Waals surface area contributed by atoms with Gasteiger partial charge in [0.05, 0.1) is 56.5 Å². The first-order chi connectivity index (χ1) is 16.6. The molecule has 5 rings (SSSR count). The van der Waals surface area contributed by atoms with E-state index in [-0.39, 0.29) is 24.4 Å². The Morgan fingerprint density at radius 1 is 1.12 bits per heavy atom. The summed E-state index contributed by atoms with van der Waals surface area (Å²) in [5.41, 5.74) is 1.97. The Morgan fingerprint density at radius 2 is 1.91 bits per heavy atom.